The van der Waals surface area contributed by atoms with Gasteiger partial charge in [-0.1, -0.05) is 11.8 Å². The van der Waals surface area contributed by atoms with Crippen molar-refractivity contribution in [3.63, 3.8) is 0 Å². The molecule has 0 saturated heterocycles. The summed E-state index contributed by atoms with van der Waals surface area (Å²) in [7, 11) is -0.982. The third-order valence-electron chi connectivity index (χ3n) is 1.40. The predicted molar refractivity (Wildman–Crippen MR) is 59.2 cm³/mol. The summed E-state index contributed by atoms with van der Waals surface area (Å²) < 4.78 is 13.6. The van der Waals surface area contributed by atoms with E-state index in [1.165, 1.54) is 11.3 Å². The molecule has 0 saturated carbocycles. The van der Waals surface area contributed by atoms with Crippen LogP contribution in [0.5, 0.6) is 0 Å². The quantitative estimate of drug-likeness (QED) is 0.741. The Labute approximate surface area is 89.7 Å². The fourth-order valence-electron chi connectivity index (χ4n) is 0.840. The highest BCUT2D eigenvalue weighted by Crippen LogP contribution is 2.14. The second-order valence-corrected chi connectivity index (χ2v) is 4.87. The largest absolute Gasteiger partial charge is 0.384 e. The van der Waals surface area contributed by atoms with Gasteiger partial charge in [0.05, 0.1) is 15.9 Å². The molecule has 1 heterocycles. The van der Waals surface area contributed by atoms with Crippen molar-refractivity contribution >= 4 is 22.3 Å². The van der Waals surface area contributed by atoms with Crippen LogP contribution >= 0.6 is 11.3 Å². The number of hydrogen-bond acceptors (Lipinski definition) is 3. The minimum Gasteiger partial charge on any atom is -0.384 e. The minimum absolute atomic E-state index is 0.121. The molecule has 1 unspecified atom stereocenters. The molecule has 1 rings (SSSR count). The van der Waals surface area contributed by atoms with Gasteiger partial charge in [-0.2, -0.15) is 0 Å². The van der Waals surface area contributed by atoms with Gasteiger partial charge in [0.1, 0.15) is 6.61 Å². The summed E-state index contributed by atoms with van der Waals surface area (Å²) in [4.78, 5) is 2.00. The summed E-state index contributed by atoms with van der Waals surface area (Å²) in [6.07, 6.45) is 1.60. The van der Waals surface area contributed by atoms with E-state index < -0.39 is 11.0 Å². The number of aliphatic hydroxyl groups is 1. The zero-order chi connectivity index (χ0) is 10.4. The molecule has 0 fully saturated rings. The van der Waals surface area contributed by atoms with Gasteiger partial charge in [-0.05, 0) is 12.1 Å². The Hall–Kier alpha value is -0.670. The SMILES string of the molecule is CS(=O)NCc1ccc(C#CCO)s1. The number of aliphatic hydroxyl groups excluding tert-OH is 1. The Morgan fingerprint density at radius 2 is 2.43 bits per heavy atom. The summed E-state index contributed by atoms with van der Waals surface area (Å²) in [5, 5.41) is 8.49. The van der Waals surface area contributed by atoms with Crippen molar-refractivity contribution in [2.75, 3.05) is 12.9 Å². The molecule has 0 bridgehead atoms. The molecule has 1 aromatic heterocycles. The highest BCUT2D eigenvalue weighted by molar-refractivity contribution is 7.82. The first-order valence-electron chi connectivity index (χ1n) is 3.97. The monoisotopic (exact) mass is 229 g/mol. The lowest BCUT2D eigenvalue weighted by Gasteiger charge is -1.95. The van der Waals surface area contributed by atoms with E-state index in [1.807, 2.05) is 12.1 Å². The minimum atomic E-state index is -0.982. The second-order valence-electron chi connectivity index (χ2n) is 2.50. The Bertz CT molecular complexity index is 376. The molecule has 5 heteroatoms. The summed E-state index contributed by atoms with van der Waals surface area (Å²) >= 11 is 1.53. The van der Waals surface area contributed by atoms with Crippen LogP contribution in [0.25, 0.3) is 0 Å². The first-order chi connectivity index (χ1) is 6.72. The Morgan fingerprint density at radius 3 is 3.07 bits per heavy atom. The number of thiophene rings is 1. The highest BCUT2D eigenvalue weighted by atomic mass is 32.2. The van der Waals surface area contributed by atoms with Crippen LogP contribution in [-0.4, -0.2) is 22.2 Å². The number of nitrogens with one attached hydrogen (secondary N) is 1. The third-order valence-corrected chi connectivity index (χ3v) is 2.95. The van der Waals surface area contributed by atoms with Crippen molar-refractivity contribution in [1.29, 1.82) is 0 Å². The summed E-state index contributed by atoms with van der Waals surface area (Å²) in [6.45, 7) is 0.471. The molecule has 0 spiro atoms. The molecule has 0 aliphatic carbocycles. The van der Waals surface area contributed by atoms with Gasteiger partial charge in [0.15, 0.2) is 0 Å². The third kappa shape index (κ3) is 4.03. The van der Waals surface area contributed by atoms with Gasteiger partial charge in [0.2, 0.25) is 0 Å². The first kappa shape index (κ1) is 11.4. The molecule has 14 heavy (non-hydrogen) atoms. The van der Waals surface area contributed by atoms with Gasteiger partial charge in [-0.3, -0.25) is 0 Å². The van der Waals surface area contributed by atoms with Gasteiger partial charge in [0.25, 0.3) is 0 Å². The van der Waals surface area contributed by atoms with Crippen molar-refractivity contribution in [3.8, 4) is 11.8 Å². The molecule has 2 N–H and O–H groups in total. The normalized spacial score (nSPS) is 11.9. The maximum absolute atomic E-state index is 10.7. The molecular weight excluding hydrogens is 218 g/mol. The second kappa shape index (κ2) is 5.94. The maximum atomic E-state index is 10.7. The molecule has 1 atom stereocenters. The molecule has 0 aromatic carbocycles. The lowest BCUT2D eigenvalue weighted by molar-refractivity contribution is 0.350. The van der Waals surface area contributed by atoms with Crippen molar-refractivity contribution in [1.82, 2.24) is 4.72 Å². The van der Waals surface area contributed by atoms with Gasteiger partial charge >= 0.3 is 0 Å². The van der Waals surface area contributed by atoms with E-state index in [2.05, 4.69) is 16.6 Å². The highest BCUT2D eigenvalue weighted by Gasteiger charge is 1.98. The van der Waals surface area contributed by atoms with Crippen LogP contribution in [0.2, 0.25) is 0 Å². The zero-order valence-corrected chi connectivity index (χ0v) is 9.37. The summed E-state index contributed by atoms with van der Waals surface area (Å²) in [5.74, 6) is 5.40. The van der Waals surface area contributed by atoms with Crippen molar-refractivity contribution in [2.45, 2.75) is 6.54 Å². The smallest absolute Gasteiger partial charge is 0.104 e. The molecule has 0 radical (unpaired) electrons. The summed E-state index contributed by atoms with van der Waals surface area (Å²) in [5.41, 5.74) is 0. The molecular formula is C9H11NO2S2. The maximum Gasteiger partial charge on any atom is 0.104 e. The fraction of sp³-hybridized carbons (Fsp3) is 0.333. The Balaban J connectivity index is 2.55. The van der Waals surface area contributed by atoms with E-state index in [-0.39, 0.29) is 6.61 Å². The standard InChI is InChI=1S/C9H11NO2S2/c1-14(12)10-7-9-5-4-8(13-9)3-2-6-11/h4-5,10-11H,6-7H2,1H3. The Morgan fingerprint density at radius 1 is 1.64 bits per heavy atom. The van der Waals surface area contributed by atoms with E-state index >= 15 is 0 Å². The molecule has 76 valence electrons. The van der Waals surface area contributed by atoms with E-state index in [0.29, 0.717) is 6.54 Å². The van der Waals surface area contributed by atoms with Crippen molar-refractivity contribution < 1.29 is 9.32 Å². The average molecular weight is 229 g/mol. The first-order valence-corrected chi connectivity index (χ1v) is 6.35. The van der Waals surface area contributed by atoms with Gasteiger partial charge in [-0.25, -0.2) is 8.93 Å². The topological polar surface area (TPSA) is 49.3 Å². The summed E-state index contributed by atoms with van der Waals surface area (Å²) in [6, 6.07) is 3.83. The van der Waals surface area contributed by atoms with E-state index in [4.69, 9.17) is 5.11 Å². The van der Waals surface area contributed by atoms with Crippen molar-refractivity contribution in [2.24, 2.45) is 0 Å². The van der Waals surface area contributed by atoms with Gasteiger partial charge in [-0.15, -0.1) is 11.3 Å². The van der Waals surface area contributed by atoms with Crippen molar-refractivity contribution in [3.05, 3.63) is 21.9 Å². The molecule has 0 amide bonds. The van der Waals surface area contributed by atoms with Gasteiger partial charge < -0.3 is 5.11 Å². The van der Waals surface area contributed by atoms with Crippen LogP contribution in [0.3, 0.4) is 0 Å². The van der Waals surface area contributed by atoms with E-state index in [0.717, 1.165) is 9.75 Å². The molecule has 3 nitrogen and oxygen atoms in total. The number of rotatable bonds is 3. The van der Waals surface area contributed by atoms with Crippen LogP contribution in [0.15, 0.2) is 12.1 Å². The van der Waals surface area contributed by atoms with E-state index in [1.54, 1.807) is 6.26 Å². The predicted octanol–water partition coefficient (Wildman–Crippen LogP) is 0.475. The van der Waals surface area contributed by atoms with Crippen LogP contribution in [0, 0.1) is 11.8 Å². The zero-order valence-electron chi connectivity index (χ0n) is 7.74. The lowest BCUT2D eigenvalue weighted by atomic mass is 10.4. The molecule has 1 aromatic rings. The fourth-order valence-corrected chi connectivity index (χ4v) is 2.11. The van der Waals surface area contributed by atoms with Crippen LogP contribution in [0.1, 0.15) is 9.75 Å². The van der Waals surface area contributed by atoms with Crippen LogP contribution in [-0.2, 0) is 17.5 Å². The Kier molecular flexibility index (Phi) is 4.84. The lowest BCUT2D eigenvalue weighted by Crippen LogP contribution is -2.13. The van der Waals surface area contributed by atoms with Crippen LogP contribution < -0.4 is 4.72 Å². The number of hydrogen-bond donors (Lipinski definition) is 2. The molecule has 0 aliphatic heterocycles. The molecule has 0 aliphatic rings. The average Bonchev–Trinajstić information content (AvgIpc) is 2.59. The van der Waals surface area contributed by atoms with Crippen LogP contribution in [0.4, 0.5) is 0 Å². The van der Waals surface area contributed by atoms with Gasteiger partial charge in [0, 0.05) is 17.7 Å². The van der Waals surface area contributed by atoms with E-state index in [9.17, 15) is 4.21 Å².